The summed E-state index contributed by atoms with van der Waals surface area (Å²) in [6, 6.07) is 4.05. The van der Waals surface area contributed by atoms with E-state index in [1.54, 1.807) is 7.11 Å². The lowest BCUT2D eigenvalue weighted by atomic mass is 10.1. The van der Waals surface area contributed by atoms with E-state index in [0.717, 1.165) is 33.3 Å². The van der Waals surface area contributed by atoms with Crippen LogP contribution in [0, 0.1) is 0 Å². The number of allylic oxidation sites excluding steroid dienone is 1. The Hall–Kier alpha value is -0.480. The first-order chi connectivity index (χ1) is 8.65. The van der Waals surface area contributed by atoms with Crippen LogP contribution in [0.25, 0.3) is 6.08 Å². The minimum Gasteiger partial charge on any atom is -0.492 e. The van der Waals surface area contributed by atoms with Gasteiger partial charge in [0.2, 0.25) is 0 Å². The lowest BCUT2D eigenvalue weighted by molar-refractivity contribution is 0.310. The largest absolute Gasteiger partial charge is 0.492 e. The molecule has 0 N–H and O–H groups in total. The van der Waals surface area contributed by atoms with Gasteiger partial charge < -0.3 is 9.47 Å². The predicted octanol–water partition coefficient (Wildman–Crippen LogP) is 5.04. The Morgan fingerprint density at radius 1 is 1.33 bits per heavy atom. The van der Waals surface area contributed by atoms with Gasteiger partial charge in [-0.15, -0.1) is 0 Å². The maximum Gasteiger partial charge on any atom is 0.174 e. The normalized spacial score (nSPS) is 11.5. The fraction of sp³-hybridized carbons (Fsp3) is 0.429. The van der Waals surface area contributed by atoms with Crippen LogP contribution in [0.4, 0.5) is 0 Å². The van der Waals surface area contributed by atoms with Crippen molar-refractivity contribution in [1.29, 1.82) is 0 Å². The van der Waals surface area contributed by atoms with Gasteiger partial charge in [0.05, 0.1) is 18.2 Å². The number of alkyl halides is 1. The van der Waals surface area contributed by atoms with E-state index in [1.165, 1.54) is 5.57 Å². The van der Waals surface area contributed by atoms with Gasteiger partial charge in [0.1, 0.15) is 0 Å². The quantitative estimate of drug-likeness (QED) is 0.646. The lowest BCUT2D eigenvalue weighted by Crippen LogP contribution is -1.97. The van der Waals surface area contributed by atoms with Gasteiger partial charge in [0, 0.05) is 5.33 Å². The van der Waals surface area contributed by atoms with Crippen molar-refractivity contribution in [2.45, 2.75) is 20.3 Å². The highest BCUT2D eigenvalue weighted by Crippen LogP contribution is 2.37. The predicted molar refractivity (Wildman–Crippen MR) is 83.9 cm³/mol. The zero-order valence-electron chi connectivity index (χ0n) is 10.9. The van der Waals surface area contributed by atoms with Crippen LogP contribution >= 0.6 is 31.9 Å². The molecule has 0 fully saturated rings. The molecular weight excluding hydrogens is 360 g/mol. The monoisotopic (exact) mass is 376 g/mol. The highest BCUT2D eigenvalue weighted by molar-refractivity contribution is 9.10. The molecule has 0 amide bonds. The molecule has 1 aromatic rings. The number of halogens is 2. The second-order valence-corrected chi connectivity index (χ2v) is 5.17. The molecule has 0 heterocycles. The van der Waals surface area contributed by atoms with E-state index in [9.17, 15) is 0 Å². The van der Waals surface area contributed by atoms with Gasteiger partial charge in [0.25, 0.3) is 0 Å². The van der Waals surface area contributed by atoms with E-state index in [0.29, 0.717) is 6.61 Å². The van der Waals surface area contributed by atoms with Crippen LogP contribution < -0.4 is 9.47 Å². The van der Waals surface area contributed by atoms with Crippen molar-refractivity contribution < 1.29 is 9.47 Å². The van der Waals surface area contributed by atoms with Crippen LogP contribution in [0.5, 0.6) is 11.5 Å². The Kier molecular flexibility index (Phi) is 6.79. The third-order valence-electron chi connectivity index (χ3n) is 2.53. The third kappa shape index (κ3) is 4.02. The van der Waals surface area contributed by atoms with Crippen LogP contribution in [0.2, 0.25) is 0 Å². The van der Waals surface area contributed by atoms with Crippen molar-refractivity contribution in [2.24, 2.45) is 0 Å². The summed E-state index contributed by atoms with van der Waals surface area (Å²) in [6.45, 7) is 4.73. The summed E-state index contributed by atoms with van der Waals surface area (Å²) < 4.78 is 11.9. The second kappa shape index (κ2) is 7.85. The summed E-state index contributed by atoms with van der Waals surface area (Å²) in [5.74, 6) is 1.51. The lowest BCUT2D eigenvalue weighted by Gasteiger charge is -2.12. The van der Waals surface area contributed by atoms with Gasteiger partial charge in [0.15, 0.2) is 11.5 Å². The van der Waals surface area contributed by atoms with Gasteiger partial charge in [-0.1, -0.05) is 34.5 Å². The topological polar surface area (TPSA) is 18.5 Å². The molecule has 0 saturated heterocycles. The number of methoxy groups -OCH3 is 1. The van der Waals surface area contributed by atoms with Gasteiger partial charge in [-0.05, 0) is 47.0 Å². The molecule has 0 aliphatic carbocycles. The zero-order chi connectivity index (χ0) is 13.5. The van der Waals surface area contributed by atoms with Crippen molar-refractivity contribution in [1.82, 2.24) is 0 Å². The Morgan fingerprint density at radius 3 is 2.56 bits per heavy atom. The van der Waals surface area contributed by atoms with Gasteiger partial charge in [-0.3, -0.25) is 0 Å². The van der Waals surface area contributed by atoms with E-state index in [1.807, 2.05) is 19.1 Å². The van der Waals surface area contributed by atoms with E-state index < -0.39 is 0 Å². The summed E-state index contributed by atoms with van der Waals surface area (Å²) in [7, 11) is 1.65. The maximum atomic E-state index is 5.60. The molecule has 0 radical (unpaired) electrons. The first-order valence-corrected chi connectivity index (χ1v) is 7.83. The fourth-order valence-corrected chi connectivity index (χ4v) is 2.78. The van der Waals surface area contributed by atoms with Gasteiger partial charge >= 0.3 is 0 Å². The number of rotatable bonds is 6. The summed E-state index contributed by atoms with van der Waals surface area (Å²) in [4.78, 5) is 0. The molecule has 1 rings (SSSR count). The molecule has 2 nitrogen and oxygen atoms in total. The average molecular weight is 378 g/mol. The minimum atomic E-state index is 0.620. The number of hydrogen-bond donors (Lipinski definition) is 0. The molecule has 0 aromatic heterocycles. The molecule has 0 unspecified atom stereocenters. The third-order valence-corrected chi connectivity index (χ3v) is 3.84. The highest BCUT2D eigenvalue weighted by atomic mass is 79.9. The molecule has 0 spiro atoms. The summed E-state index contributed by atoms with van der Waals surface area (Å²) in [6.07, 6.45) is 3.19. The van der Waals surface area contributed by atoms with E-state index in [-0.39, 0.29) is 0 Å². The fourth-order valence-electron chi connectivity index (χ4n) is 1.60. The molecule has 0 aliphatic rings. The van der Waals surface area contributed by atoms with Crippen LogP contribution in [-0.4, -0.2) is 19.0 Å². The minimum absolute atomic E-state index is 0.620. The second-order valence-electron chi connectivity index (χ2n) is 3.76. The van der Waals surface area contributed by atoms with Crippen molar-refractivity contribution in [3.63, 3.8) is 0 Å². The van der Waals surface area contributed by atoms with E-state index >= 15 is 0 Å². The Morgan fingerprint density at radius 2 is 2.06 bits per heavy atom. The number of benzene rings is 1. The standard InChI is InChI=1S/C14H18Br2O2/c1-4-10(9-15)6-11-7-12(16)14(17-3)13(8-11)18-5-2/h6-8H,4-5,9H2,1-3H3. The van der Waals surface area contributed by atoms with Crippen LogP contribution in [0.1, 0.15) is 25.8 Å². The molecule has 0 saturated carbocycles. The zero-order valence-corrected chi connectivity index (χ0v) is 14.1. The van der Waals surface area contributed by atoms with Crippen LogP contribution in [0.3, 0.4) is 0 Å². The summed E-state index contributed by atoms with van der Waals surface area (Å²) in [5.41, 5.74) is 2.46. The summed E-state index contributed by atoms with van der Waals surface area (Å²) >= 11 is 7.01. The van der Waals surface area contributed by atoms with Crippen molar-refractivity contribution >= 4 is 37.9 Å². The van der Waals surface area contributed by atoms with Crippen molar-refractivity contribution in [2.75, 3.05) is 19.0 Å². The smallest absolute Gasteiger partial charge is 0.174 e. The molecule has 1 aromatic carbocycles. The average Bonchev–Trinajstić information content (AvgIpc) is 2.36. The van der Waals surface area contributed by atoms with Crippen molar-refractivity contribution in [3.8, 4) is 11.5 Å². The van der Waals surface area contributed by atoms with Gasteiger partial charge in [-0.2, -0.15) is 0 Å². The highest BCUT2D eigenvalue weighted by Gasteiger charge is 2.10. The molecule has 0 bridgehead atoms. The number of hydrogen-bond acceptors (Lipinski definition) is 2. The van der Waals surface area contributed by atoms with E-state index in [4.69, 9.17) is 9.47 Å². The van der Waals surface area contributed by atoms with Crippen LogP contribution in [-0.2, 0) is 0 Å². The Bertz CT molecular complexity index is 422. The van der Waals surface area contributed by atoms with Crippen LogP contribution in [0.15, 0.2) is 22.2 Å². The first-order valence-electron chi connectivity index (χ1n) is 5.91. The molecule has 18 heavy (non-hydrogen) atoms. The summed E-state index contributed by atoms with van der Waals surface area (Å²) in [5, 5.41) is 0.886. The Labute approximate surface area is 126 Å². The number of ether oxygens (including phenoxy) is 2. The molecule has 0 atom stereocenters. The van der Waals surface area contributed by atoms with Crippen molar-refractivity contribution in [3.05, 3.63) is 27.7 Å². The molecule has 0 aliphatic heterocycles. The Balaban J connectivity index is 3.19. The molecular formula is C14H18Br2O2. The molecule has 100 valence electrons. The SMILES string of the molecule is CCOc1cc(C=C(CC)CBr)cc(Br)c1OC. The van der Waals surface area contributed by atoms with E-state index in [2.05, 4.69) is 44.9 Å². The van der Waals surface area contributed by atoms with Gasteiger partial charge in [-0.25, -0.2) is 0 Å². The molecule has 4 heteroatoms. The maximum absolute atomic E-state index is 5.60. The first kappa shape index (κ1) is 15.6.